The zero-order valence-corrected chi connectivity index (χ0v) is 15.0. The molecule has 0 radical (unpaired) electrons. The number of fused-ring (bicyclic) bond motifs is 1. The van der Waals surface area contributed by atoms with Crippen molar-refractivity contribution in [3.05, 3.63) is 59.9 Å². The summed E-state index contributed by atoms with van der Waals surface area (Å²) in [6, 6.07) is 13.4. The quantitative estimate of drug-likeness (QED) is 0.750. The summed E-state index contributed by atoms with van der Waals surface area (Å²) in [5.74, 6) is -0.885. The molecule has 3 aromatic rings. The van der Waals surface area contributed by atoms with Crippen LogP contribution in [-0.4, -0.2) is 27.5 Å². The van der Waals surface area contributed by atoms with E-state index in [1.54, 1.807) is 12.1 Å². The third kappa shape index (κ3) is 3.85. The van der Waals surface area contributed by atoms with Crippen LogP contribution in [0.2, 0.25) is 0 Å². The molecule has 27 heavy (non-hydrogen) atoms. The fraction of sp³-hybridized carbons (Fsp3) is 0.158. The van der Waals surface area contributed by atoms with E-state index in [0.717, 1.165) is 15.8 Å². The largest absolute Gasteiger partial charge is 0.297 e. The standard InChI is InChI=1S/C19H15FN4O2S/c20-13-7-5-12(6-8-13)11-24-17(25)10-9-15(23-24)18(26)22-19-21-14-3-1-2-4-16(14)27-19/h1-8H,9-11H2,(H,21,22,26). The first-order valence-corrected chi connectivity index (χ1v) is 9.19. The molecular formula is C19H15FN4O2S. The highest BCUT2D eigenvalue weighted by Gasteiger charge is 2.25. The second kappa shape index (κ2) is 7.24. The molecule has 0 atom stereocenters. The van der Waals surface area contributed by atoms with Gasteiger partial charge in [-0.15, -0.1) is 0 Å². The highest BCUT2D eigenvalue weighted by atomic mass is 32.1. The van der Waals surface area contributed by atoms with Gasteiger partial charge in [0.05, 0.1) is 16.8 Å². The number of halogens is 1. The van der Waals surface area contributed by atoms with E-state index in [0.29, 0.717) is 5.13 Å². The van der Waals surface area contributed by atoms with Gasteiger partial charge in [-0.2, -0.15) is 5.10 Å². The Morgan fingerprint density at radius 1 is 1.15 bits per heavy atom. The monoisotopic (exact) mass is 382 g/mol. The molecule has 0 saturated carbocycles. The van der Waals surface area contributed by atoms with Crippen LogP contribution in [0.5, 0.6) is 0 Å². The first-order valence-electron chi connectivity index (χ1n) is 8.38. The minimum absolute atomic E-state index is 0.170. The Balaban J connectivity index is 1.50. The summed E-state index contributed by atoms with van der Waals surface area (Å²) < 4.78 is 14.0. The summed E-state index contributed by atoms with van der Waals surface area (Å²) >= 11 is 1.38. The number of anilines is 1. The molecular weight excluding hydrogens is 367 g/mol. The molecule has 4 rings (SSSR count). The number of carbonyl (C=O) groups is 2. The van der Waals surface area contributed by atoms with E-state index in [1.807, 2.05) is 24.3 Å². The minimum atomic E-state index is -0.370. The average Bonchev–Trinajstić information content (AvgIpc) is 3.07. The average molecular weight is 382 g/mol. The van der Waals surface area contributed by atoms with Crippen molar-refractivity contribution in [1.82, 2.24) is 9.99 Å². The van der Waals surface area contributed by atoms with Crippen LogP contribution in [0.4, 0.5) is 9.52 Å². The number of benzene rings is 2. The lowest BCUT2D eigenvalue weighted by atomic mass is 10.1. The zero-order valence-electron chi connectivity index (χ0n) is 14.2. The molecule has 1 aromatic heterocycles. The van der Waals surface area contributed by atoms with Crippen molar-refractivity contribution in [3.8, 4) is 0 Å². The van der Waals surface area contributed by atoms with E-state index < -0.39 is 0 Å². The van der Waals surface area contributed by atoms with Gasteiger partial charge >= 0.3 is 0 Å². The van der Waals surface area contributed by atoms with Crippen molar-refractivity contribution in [1.29, 1.82) is 0 Å². The molecule has 1 aliphatic rings. The van der Waals surface area contributed by atoms with E-state index in [2.05, 4.69) is 15.4 Å². The second-order valence-electron chi connectivity index (χ2n) is 6.07. The van der Waals surface area contributed by atoms with Crippen molar-refractivity contribution in [2.24, 2.45) is 5.10 Å². The minimum Gasteiger partial charge on any atom is -0.297 e. The Labute approximate surface area is 158 Å². The second-order valence-corrected chi connectivity index (χ2v) is 7.10. The summed E-state index contributed by atoms with van der Waals surface area (Å²) in [5, 5.41) is 8.71. The molecule has 8 heteroatoms. The Morgan fingerprint density at radius 3 is 2.70 bits per heavy atom. The van der Waals surface area contributed by atoms with Gasteiger partial charge in [0.25, 0.3) is 5.91 Å². The summed E-state index contributed by atoms with van der Waals surface area (Å²) in [4.78, 5) is 29.0. The van der Waals surface area contributed by atoms with Gasteiger partial charge in [-0.1, -0.05) is 35.6 Å². The number of hydrogen-bond acceptors (Lipinski definition) is 5. The SMILES string of the molecule is O=C(Nc1nc2ccccc2s1)C1=NN(Cc2ccc(F)cc2)C(=O)CC1. The fourth-order valence-corrected chi connectivity index (χ4v) is 3.61. The normalized spacial score (nSPS) is 14.3. The van der Waals surface area contributed by atoms with Gasteiger partial charge < -0.3 is 0 Å². The summed E-state index contributed by atoms with van der Waals surface area (Å²) in [6.45, 7) is 0.191. The third-order valence-electron chi connectivity index (χ3n) is 4.13. The summed E-state index contributed by atoms with van der Waals surface area (Å²) in [6.07, 6.45) is 0.475. The topological polar surface area (TPSA) is 74.7 Å². The maximum Gasteiger partial charge on any atom is 0.273 e. The lowest BCUT2D eigenvalue weighted by Gasteiger charge is -2.23. The predicted molar refractivity (Wildman–Crippen MR) is 102 cm³/mol. The molecule has 0 unspecified atom stereocenters. The molecule has 2 heterocycles. The van der Waals surface area contributed by atoms with Gasteiger partial charge in [0.2, 0.25) is 5.91 Å². The Morgan fingerprint density at radius 2 is 1.93 bits per heavy atom. The van der Waals surface area contributed by atoms with Gasteiger partial charge in [-0.05, 0) is 29.8 Å². The van der Waals surface area contributed by atoms with E-state index >= 15 is 0 Å². The highest BCUT2D eigenvalue weighted by Crippen LogP contribution is 2.25. The Kier molecular flexibility index (Phi) is 4.64. The molecule has 0 spiro atoms. The maximum absolute atomic E-state index is 13.0. The number of hydrogen-bond donors (Lipinski definition) is 1. The molecule has 1 N–H and O–H groups in total. The number of hydrazone groups is 1. The van der Waals surface area contributed by atoms with Gasteiger partial charge in [0.15, 0.2) is 5.13 Å². The van der Waals surface area contributed by atoms with E-state index in [-0.39, 0.29) is 42.7 Å². The Hall–Kier alpha value is -3.13. The number of thiazole rings is 1. The van der Waals surface area contributed by atoms with E-state index in [1.165, 1.54) is 28.5 Å². The van der Waals surface area contributed by atoms with Crippen LogP contribution in [0.3, 0.4) is 0 Å². The smallest absolute Gasteiger partial charge is 0.273 e. The lowest BCUT2D eigenvalue weighted by Crippen LogP contribution is -2.36. The first kappa shape index (κ1) is 17.3. The number of amides is 2. The molecule has 2 aromatic carbocycles. The van der Waals surface area contributed by atoms with Crippen LogP contribution in [-0.2, 0) is 16.1 Å². The zero-order chi connectivity index (χ0) is 18.8. The summed E-state index contributed by atoms with van der Waals surface area (Å²) in [7, 11) is 0. The van der Waals surface area contributed by atoms with Gasteiger partial charge in [0, 0.05) is 12.8 Å². The molecule has 6 nitrogen and oxygen atoms in total. The number of rotatable bonds is 4. The molecule has 0 saturated heterocycles. The van der Waals surface area contributed by atoms with Crippen molar-refractivity contribution < 1.29 is 14.0 Å². The lowest BCUT2D eigenvalue weighted by molar-refractivity contribution is -0.132. The predicted octanol–water partition coefficient (Wildman–Crippen LogP) is 3.55. The number of nitrogens with one attached hydrogen (secondary N) is 1. The van der Waals surface area contributed by atoms with Crippen LogP contribution in [0.1, 0.15) is 18.4 Å². The molecule has 1 aliphatic heterocycles. The van der Waals surface area contributed by atoms with Gasteiger partial charge in [-0.25, -0.2) is 14.4 Å². The Bertz CT molecular complexity index is 1010. The fourth-order valence-electron chi connectivity index (χ4n) is 2.75. The molecule has 2 amide bonds. The number of para-hydroxylation sites is 1. The van der Waals surface area contributed by atoms with E-state index in [9.17, 15) is 14.0 Å². The number of carbonyl (C=O) groups excluding carboxylic acids is 2. The number of nitrogens with zero attached hydrogens (tertiary/aromatic N) is 3. The molecule has 0 fully saturated rings. The van der Waals surface area contributed by atoms with E-state index in [4.69, 9.17) is 0 Å². The number of aromatic nitrogens is 1. The van der Waals surface area contributed by atoms with Crippen LogP contribution in [0, 0.1) is 5.82 Å². The van der Waals surface area contributed by atoms with Crippen molar-refractivity contribution in [3.63, 3.8) is 0 Å². The highest BCUT2D eigenvalue weighted by molar-refractivity contribution is 7.22. The first-order chi connectivity index (χ1) is 13.1. The van der Waals surface area contributed by atoms with Crippen molar-refractivity contribution in [2.45, 2.75) is 19.4 Å². The van der Waals surface area contributed by atoms with Crippen LogP contribution >= 0.6 is 11.3 Å². The van der Waals surface area contributed by atoms with Crippen LogP contribution in [0.15, 0.2) is 53.6 Å². The molecule has 0 aliphatic carbocycles. The van der Waals surface area contributed by atoms with Crippen LogP contribution in [0.25, 0.3) is 10.2 Å². The molecule has 0 bridgehead atoms. The third-order valence-corrected chi connectivity index (χ3v) is 5.08. The van der Waals surface area contributed by atoms with Gasteiger partial charge in [0.1, 0.15) is 11.5 Å². The van der Waals surface area contributed by atoms with Crippen molar-refractivity contribution >= 4 is 44.2 Å². The maximum atomic E-state index is 13.0. The molecule has 136 valence electrons. The van der Waals surface area contributed by atoms with Crippen molar-refractivity contribution in [2.75, 3.05) is 5.32 Å². The van der Waals surface area contributed by atoms with Crippen LogP contribution < -0.4 is 5.32 Å². The summed E-state index contributed by atoms with van der Waals surface area (Å²) in [5.41, 5.74) is 1.83. The van der Waals surface area contributed by atoms with Gasteiger partial charge in [-0.3, -0.25) is 14.9 Å².